The van der Waals surface area contributed by atoms with Gasteiger partial charge in [0.15, 0.2) is 5.78 Å². The molecule has 2 aliphatic rings. The van der Waals surface area contributed by atoms with E-state index < -0.39 is 0 Å². The molecule has 140 valence electrons. The Kier molecular flexibility index (Phi) is 4.58. The molecular weight excluding hydrogens is 342 g/mol. The number of furan rings is 1. The summed E-state index contributed by atoms with van der Waals surface area (Å²) >= 11 is 0. The minimum atomic E-state index is -0.165. The van der Waals surface area contributed by atoms with Crippen LogP contribution in [0.1, 0.15) is 41.3 Å². The predicted molar refractivity (Wildman–Crippen MR) is 104 cm³/mol. The molecule has 0 unspecified atom stereocenters. The number of hydrogen-bond donors (Lipinski definition) is 2. The van der Waals surface area contributed by atoms with Crippen LogP contribution >= 0.6 is 0 Å². The molecule has 6 nitrogen and oxygen atoms in total. The van der Waals surface area contributed by atoms with Crippen LogP contribution in [0.4, 0.5) is 5.69 Å². The quantitative estimate of drug-likeness (QED) is 0.644. The number of anilines is 1. The van der Waals surface area contributed by atoms with Crippen LogP contribution in [0.2, 0.25) is 0 Å². The molecule has 27 heavy (non-hydrogen) atoms. The van der Waals surface area contributed by atoms with E-state index >= 15 is 0 Å². The average Bonchev–Trinajstić information content (AvgIpc) is 3.28. The third kappa shape index (κ3) is 3.40. The first-order chi connectivity index (χ1) is 13.0. The Morgan fingerprint density at radius 1 is 1.22 bits per heavy atom. The first-order valence-corrected chi connectivity index (χ1v) is 9.21. The van der Waals surface area contributed by atoms with E-state index in [2.05, 4.69) is 22.6 Å². The molecule has 1 aromatic carbocycles. The number of fused-ring (bicyclic) bond motifs is 1. The number of hydrogen-bond acceptors (Lipinski definition) is 5. The molecule has 1 saturated heterocycles. The number of Topliss-reactive ketones (excluding diaryl/α,β-unsaturated/α-hetero) is 1. The van der Waals surface area contributed by atoms with Gasteiger partial charge in [0.05, 0.1) is 23.8 Å². The predicted octanol–water partition coefficient (Wildman–Crippen LogP) is 2.99. The Labute approximate surface area is 158 Å². The maximum atomic E-state index is 12.8. The van der Waals surface area contributed by atoms with Gasteiger partial charge in [-0.25, -0.2) is 0 Å². The molecule has 3 heterocycles. The van der Waals surface area contributed by atoms with Crippen molar-refractivity contribution < 1.29 is 14.0 Å². The largest absolute Gasteiger partial charge is 0.472 e. The van der Waals surface area contributed by atoms with Gasteiger partial charge in [-0.1, -0.05) is 0 Å². The van der Waals surface area contributed by atoms with Crippen LogP contribution in [-0.2, 0) is 4.79 Å². The molecule has 4 rings (SSSR count). The lowest BCUT2D eigenvalue weighted by molar-refractivity contribution is -0.110. The number of rotatable bonds is 4. The second-order valence-corrected chi connectivity index (χ2v) is 7.25. The number of piperidine rings is 1. The standard InChI is InChI=1S/C21H23N3O3/c1-13(25)14-3-4-18-17(11-14)19(21(26)23-18)20(15-7-10-27-12-15)22-16-5-8-24(2)9-6-16/h3-4,7,10-12,16,22H,5-6,8-9H2,1-2H3,(H,23,26)/b20-19-. The first-order valence-electron chi connectivity index (χ1n) is 9.21. The van der Waals surface area contributed by atoms with Gasteiger partial charge in [0.2, 0.25) is 0 Å². The van der Waals surface area contributed by atoms with E-state index in [0.717, 1.165) is 48.4 Å². The van der Waals surface area contributed by atoms with Gasteiger partial charge in [0.25, 0.3) is 5.91 Å². The number of ketones is 1. The Balaban J connectivity index is 1.79. The third-order valence-corrected chi connectivity index (χ3v) is 5.30. The lowest BCUT2D eigenvalue weighted by Crippen LogP contribution is -2.40. The maximum absolute atomic E-state index is 12.8. The van der Waals surface area contributed by atoms with E-state index in [1.807, 2.05) is 6.07 Å². The number of nitrogens with one attached hydrogen (secondary N) is 2. The molecule has 0 bridgehead atoms. The molecule has 0 spiro atoms. The summed E-state index contributed by atoms with van der Waals surface area (Å²) in [5.41, 5.74) is 4.23. The van der Waals surface area contributed by atoms with Crippen molar-refractivity contribution >= 4 is 28.6 Å². The van der Waals surface area contributed by atoms with Gasteiger partial charge in [-0.2, -0.15) is 0 Å². The number of likely N-dealkylation sites (tertiary alicyclic amines) is 1. The minimum absolute atomic E-state index is 0.0235. The van der Waals surface area contributed by atoms with E-state index in [1.165, 1.54) is 6.92 Å². The van der Waals surface area contributed by atoms with Crippen molar-refractivity contribution in [3.8, 4) is 0 Å². The van der Waals surface area contributed by atoms with Crippen LogP contribution in [0.15, 0.2) is 41.2 Å². The summed E-state index contributed by atoms with van der Waals surface area (Å²) in [6.45, 7) is 3.56. The molecule has 0 radical (unpaired) electrons. The number of carbonyl (C=O) groups excluding carboxylic acids is 2. The van der Waals surface area contributed by atoms with Crippen LogP contribution < -0.4 is 10.6 Å². The summed E-state index contributed by atoms with van der Waals surface area (Å²) in [5.74, 6) is -0.188. The van der Waals surface area contributed by atoms with Crippen LogP contribution in [-0.4, -0.2) is 42.8 Å². The molecule has 2 aromatic rings. The van der Waals surface area contributed by atoms with Gasteiger partial charge in [0, 0.05) is 28.4 Å². The smallest absolute Gasteiger partial charge is 0.258 e. The van der Waals surface area contributed by atoms with Crippen LogP contribution in [0.3, 0.4) is 0 Å². The van der Waals surface area contributed by atoms with Crippen molar-refractivity contribution in [2.45, 2.75) is 25.8 Å². The SMILES string of the molecule is CC(=O)c1ccc2c(c1)/C(=C(/NC1CCN(C)CC1)c1ccoc1)C(=O)N2. The topological polar surface area (TPSA) is 74.6 Å². The molecule has 1 aromatic heterocycles. The summed E-state index contributed by atoms with van der Waals surface area (Å²) in [6, 6.07) is 7.46. The molecule has 0 aliphatic carbocycles. The van der Waals surface area contributed by atoms with Crippen LogP contribution in [0.5, 0.6) is 0 Å². The van der Waals surface area contributed by atoms with Crippen molar-refractivity contribution in [3.63, 3.8) is 0 Å². The van der Waals surface area contributed by atoms with Gasteiger partial charge in [-0.15, -0.1) is 0 Å². The Bertz CT molecular complexity index is 907. The van der Waals surface area contributed by atoms with Crippen LogP contribution in [0, 0.1) is 0 Å². The number of nitrogens with zero attached hydrogens (tertiary/aromatic N) is 1. The summed E-state index contributed by atoms with van der Waals surface area (Å²) in [6.07, 6.45) is 5.26. The second kappa shape index (κ2) is 7.04. The van der Waals surface area contributed by atoms with Crippen molar-refractivity contribution in [2.75, 3.05) is 25.5 Å². The summed E-state index contributed by atoms with van der Waals surface area (Å²) in [4.78, 5) is 26.9. The second-order valence-electron chi connectivity index (χ2n) is 7.25. The van der Waals surface area contributed by atoms with Gasteiger partial charge < -0.3 is 20.0 Å². The fourth-order valence-corrected chi connectivity index (χ4v) is 3.70. The molecule has 1 amide bonds. The number of benzene rings is 1. The van der Waals surface area contributed by atoms with E-state index in [1.54, 1.807) is 30.7 Å². The average molecular weight is 365 g/mol. The van der Waals surface area contributed by atoms with Gasteiger partial charge in [-0.3, -0.25) is 9.59 Å². The Hall–Kier alpha value is -2.86. The minimum Gasteiger partial charge on any atom is -0.472 e. The zero-order chi connectivity index (χ0) is 19.0. The number of carbonyl (C=O) groups is 2. The molecule has 0 saturated carbocycles. The van der Waals surface area contributed by atoms with Crippen molar-refractivity contribution in [1.29, 1.82) is 0 Å². The molecule has 1 fully saturated rings. The van der Waals surface area contributed by atoms with Crippen molar-refractivity contribution in [3.05, 3.63) is 53.5 Å². The van der Waals surface area contributed by atoms with Gasteiger partial charge in [0.1, 0.15) is 0 Å². The lowest BCUT2D eigenvalue weighted by Gasteiger charge is -2.31. The zero-order valence-electron chi connectivity index (χ0n) is 15.5. The van der Waals surface area contributed by atoms with Crippen molar-refractivity contribution in [1.82, 2.24) is 10.2 Å². The van der Waals surface area contributed by atoms with Crippen molar-refractivity contribution in [2.24, 2.45) is 0 Å². The van der Waals surface area contributed by atoms with E-state index in [0.29, 0.717) is 11.1 Å². The first kappa shape index (κ1) is 17.5. The fourth-order valence-electron chi connectivity index (χ4n) is 3.70. The molecular formula is C21H23N3O3. The fraction of sp³-hybridized carbons (Fsp3) is 0.333. The van der Waals surface area contributed by atoms with Crippen LogP contribution in [0.25, 0.3) is 11.3 Å². The van der Waals surface area contributed by atoms with E-state index in [9.17, 15) is 9.59 Å². The third-order valence-electron chi connectivity index (χ3n) is 5.30. The summed E-state index contributed by atoms with van der Waals surface area (Å²) in [7, 11) is 2.12. The monoisotopic (exact) mass is 365 g/mol. The summed E-state index contributed by atoms with van der Waals surface area (Å²) < 4.78 is 5.28. The van der Waals surface area contributed by atoms with E-state index in [-0.39, 0.29) is 17.7 Å². The highest BCUT2D eigenvalue weighted by Gasteiger charge is 2.30. The molecule has 0 atom stereocenters. The molecule has 2 N–H and O–H groups in total. The Morgan fingerprint density at radius 2 is 2.00 bits per heavy atom. The normalized spacial score (nSPS) is 19.6. The lowest BCUT2D eigenvalue weighted by atomic mass is 9.97. The maximum Gasteiger partial charge on any atom is 0.258 e. The zero-order valence-corrected chi connectivity index (χ0v) is 15.5. The van der Waals surface area contributed by atoms with Gasteiger partial charge in [-0.05, 0) is 64.2 Å². The number of amides is 1. The highest BCUT2D eigenvalue weighted by atomic mass is 16.3. The Morgan fingerprint density at radius 3 is 2.67 bits per heavy atom. The molecule has 6 heteroatoms. The van der Waals surface area contributed by atoms with E-state index in [4.69, 9.17) is 4.42 Å². The highest BCUT2D eigenvalue weighted by Crippen LogP contribution is 2.37. The molecule has 2 aliphatic heterocycles. The highest BCUT2D eigenvalue weighted by molar-refractivity contribution is 6.36. The summed E-state index contributed by atoms with van der Waals surface area (Å²) in [5, 5.41) is 6.50. The van der Waals surface area contributed by atoms with Gasteiger partial charge >= 0.3 is 0 Å².